The first-order chi connectivity index (χ1) is 21.5. The van der Waals surface area contributed by atoms with Crippen LogP contribution < -0.4 is 13.1 Å². The molecule has 0 radical (unpaired) electrons. The van der Waals surface area contributed by atoms with Crippen LogP contribution in [0.3, 0.4) is 0 Å². The van der Waals surface area contributed by atoms with Crippen molar-refractivity contribution in [2.75, 3.05) is 12.5 Å². The lowest BCUT2D eigenvalue weighted by Crippen LogP contribution is -2.35. The summed E-state index contributed by atoms with van der Waals surface area (Å²) in [5, 5.41) is 0. The Hall–Kier alpha value is -4.38. The highest BCUT2D eigenvalue weighted by atomic mass is 32.2. The van der Waals surface area contributed by atoms with Crippen molar-refractivity contribution in [2.45, 2.75) is 23.7 Å². The molecule has 4 aromatic rings. The van der Waals surface area contributed by atoms with Crippen LogP contribution in [0.4, 0.5) is 35.1 Å². The molecule has 0 heterocycles. The molecule has 0 aromatic heterocycles. The fourth-order valence-corrected chi connectivity index (χ4v) is 5.04. The van der Waals surface area contributed by atoms with E-state index in [-0.39, 0.29) is 23.0 Å². The van der Waals surface area contributed by atoms with E-state index in [0.29, 0.717) is 61.0 Å². The van der Waals surface area contributed by atoms with Crippen molar-refractivity contribution in [1.29, 1.82) is 0 Å². The molecule has 0 atom stereocenters. The third-order valence-corrected chi connectivity index (χ3v) is 7.38. The summed E-state index contributed by atoms with van der Waals surface area (Å²) >= 11 is 0. The van der Waals surface area contributed by atoms with Gasteiger partial charge in [0.15, 0.2) is 0 Å². The summed E-state index contributed by atoms with van der Waals surface area (Å²) in [6.45, 7) is 0. The number of benzene rings is 4. The Bertz CT molecular complexity index is 1790. The molecule has 47 heavy (non-hydrogen) atoms. The molecule has 4 rings (SSSR count). The summed E-state index contributed by atoms with van der Waals surface area (Å²) in [6, 6.07) is 11.6. The molecule has 4 aromatic carbocycles. The fourth-order valence-electron chi connectivity index (χ4n) is 4.12. The Kier molecular flexibility index (Phi) is 9.31. The first-order valence-electron chi connectivity index (χ1n) is 12.9. The van der Waals surface area contributed by atoms with Gasteiger partial charge in [-0.05, 0) is 97.1 Å². The number of hydrogen-bond acceptors (Lipinski definition) is 7. The van der Waals surface area contributed by atoms with Crippen molar-refractivity contribution in [3.05, 3.63) is 119 Å². The lowest BCUT2D eigenvalue weighted by atomic mass is 9.96. The normalized spacial score (nSPS) is 13.2. The third-order valence-electron chi connectivity index (χ3n) is 6.39. The zero-order chi connectivity index (χ0) is 35.1. The number of halogens is 8. The van der Waals surface area contributed by atoms with E-state index < -0.39 is 66.2 Å². The number of rotatable bonds is 12. The van der Waals surface area contributed by atoms with E-state index in [0.717, 1.165) is 48.5 Å². The monoisotopic (exact) mass is 710 g/mol. The molecule has 17 heteroatoms. The maximum atomic E-state index is 14.9. The van der Waals surface area contributed by atoms with Crippen molar-refractivity contribution >= 4 is 20.2 Å². The molecule has 0 spiro atoms. The van der Waals surface area contributed by atoms with Gasteiger partial charge in [-0.3, -0.25) is 0 Å². The van der Waals surface area contributed by atoms with E-state index in [2.05, 4.69) is 8.37 Å². The average molecular weight is 711 g/mol. The highest BCUT2D eigenvalue weighted by Crippen LogP contribution is 2.51. The largest absolute Gasteiger partial charge is 0.457 e. The van der Waals surface area contributed by atoms with Gasteiger partial charge in [0.2, 0.25) is 0 Å². The van der Waals surface area contributed by atoms with Crippen LogP contribution in [0, 0.1) is 0 Å². The van der Waals surface area contributed by atoms with Gasteiger partial charge in [0, 0.05) is 22.3 Å². The SMILES string of the molecule is CS(=O)(=O)Oc1ccc(C(F)(F)C(F)(F)c2ccc(Oc3ccc(C(F)(F)C(F)(F)c4ccc(OS(C)(=O)=O)cc4)cc3)cc2)cc1. The Balaban J connectivity index is 1.47. The summed E-state index contributed by atoms with van der Waals surface area (Å²) < 4.78 is 178. The Labute approximate surface area is 263 Å². The second-order valence-corrected chi connectivity index (χ2v) is 13.2. The number of hydrogen-bond donors (Lipinski definition) is 0. The lowest BCUT2D eigenvalue weighted by Gasteiger charge is -2.27. The van der Waals surface area contributed by atoms with Crippen LogP contribution in [0.1, 0.15) is 22.3 Å². The summed E-state index contributed by atoms with van der Waals surface area (Å²) in [5.74, 6) is -20.1. The van der Waals surface area contributed by atoms with Crippen LogP contribution in [0.25, 0.3) is 0 Å². The van der Waals surface area contributed by atoms with E-state index in [9.17, 15) is 52.0 Å². The van der Waals surface area contributed by atoms with E-state index >= 15 is 0 Å². The molecule has 0 aliphatic heterocycles. The van der Waals surface area contributed by atoms with Gasteiger partial charge in [-0.25, -0.2) is 0 Å². The molecular formula is C30H22F8O7S2. The van der Waals surface area contributed by atoms with Crippen LogP contribution in [-0.2, 0) is 43.9 Å². The zero-order valence-electron chi connectivity index (χ0n) is 23.9. The summed E-state index contributed by atoms with van der Waals surface area (Å²) in [5.41, 5.74) is -4.52. The smallest absolute Gasteiger partial charge is 0.339 e. The minimum atomic E-state index is -4.76. The van der Waals surface area contributed by atoms with E-state index in [4.69, 9.17) is 4.74 Å². The molecule has 0 amide bonds. The van der Waals surface area contributed by atoms with Gasteiger partial charge < -0.3 is 13.1 Å². The Morgan fingerprint density at radius 1 is 0.383 bits per heavy atom. The Morgan fingerprint density at radius 2 is 0.574 bits per heavy atom. The van der Waals surface area contributed by atoms with Crippen LogP contribution in [0.5, 0.6) is 23.0 Å². The highest BCUT2D eigenvalue weighted by Gasteiger charge is 2.59. The number of ether oxygens (including phenoxy) is 1. The van der Waals surface area contributed by atoms with Gasteiger partial charge in [-0.15, -0.1) is 0 Å². The van der Waals surface area contributed by atoms with E-state index in [1.54, 1.807) is 0 Å². The van der Waals surface area contributed by atoms with Crippen molar-refractivity contribution in [2.24, 2.45) is 0 Å². The summed E-state index contributed by atoms with van der Waals surface area (Å²) in [4.78, 5) is 0. The van der Waals surface area contributed by atoms with Crippen LogP contribution in [0.15, 0.2) is 97.1 Å². The van der Waals surface area contributed by atoms with Crippen LogP contribution in [0.2, 0.25) is 0 Å². The minimum absolute atomic E-state index is 0.184. The molecule has 7 nitrogen and oxygen atoms in total. The van der Waals surface area contributed by atoms with Crippen molar-refractivity contribution < 1.29 is 65.1 Å². The summed E-state index contributed by atoms with van der Waals surface area (Å²) in [6.07, 6.45) is 1.41. The van der Waals surface area contributed by atoms with Crippen molar-refractivity contribution in [3.8, 4) is 23.0 Å². The molecule has 0 N–H and O–H groups in total. The molecule has 252 valence electrons. The lowest BCUT2D eigenvalue weighted by molar-refractivity contribution is -0.223. The molecule has 0 aliphatic rings. The predicted molar refractivity (Wildman–Crippen MR) is 152 cm³/mol. The molecule has 0 saturated carbocycles. The minimum Gasteiger partial charge on any atom is -0.457 e. The maximum Gasteiger partial charge on any atom is 0.339 e. The standard InChI is InChI=1S/C30H22F8O7S2/c1-46(39,40)44-25-15-7-21(8-16-25)29(35,36)27(31,32)19-3-11-23(12-4-19)43-24-13-5-20(6-14-24)28(33,34)30(37,38)22-9-17-26(18-10-22)45-47(2,41)42/h3-18H,1-2H3. The molecular weight excluding hydrogens is 688 g/mol. The van der Waals surface area contributed by atoms with Gasteiger partial charge in [-0.1, -0.05) is 0 Å². The van der Waals surface area contributed by atoms with Gasteiger partial charge >= 0.3 is 43.9 Å². The fraction of sp³-hybridized carbons (Fsp3) is 0.200. The highest BCUT2D eigenvalue weighted by molar-refractivity contribution is 7.86. The zero-order valence-corrected chi connectivity index (χ0v) is 25.6. The first-order valence-corrected chi connectivity index (χ1v) is 16.6. The molecule has 0 unspecified atom stereocenters. The molecule has 0 bridgehead atoms. The molecule has 0 saturated heterocycles. The van der Waals surface area contributed by atoms with Crippen LogP contribution in [-0.4, -0.2) is 29.3 Å². The predicted octanol–water partition coefficient (Wildman–Crippen LogP) is 7.92. The quantitative estimate of drug-likeness (QED) is 0.109. The molecule has 0 fully saturated rings. The van der Waals surface area contributed by atoms with Gasteiger partial charge in [0.05, 0.1) is 12.5 Å². The van der Waals surface area contributed by atoms with Crippen LogP contribution >= 0.6 is 0 Å². The van der Waals surface area contributed by atoms with Crippen molar-refractivity contribution in [1.82, 2.24) is 0 Å². The topological polar surface area (TPSA) is 96.0 Å². The van der Waals surface area contributed by atoms with Crippen molar-refractivity contribution in [3.63, 3.8) is 0 Å². The van der Waals surface area contributed by atoms with E-state index in [1.807, 2.05) is 0 Å². The Morgan fingerprint density at radius 3 is 0.766 bits per heavy atom. The first kappa shape index (κ1) is 35.5. The maximum absolute atomic E-state index is 14.9. The second-order valence-electron chi connectivity index (χ2n) is 10.1. The molecule has 0 aliphatic carbocycles. The van der Waals surface area contributed by atoms with E-state index in [1.165, 1.54) is 0 Å². The van der Waals surface area contributed by atoms with Gasteiger partial charge in [0.1, 0.15) is 23.0 Å². The summed E-state index contributed by atoms with van der Waals surface area (Å²) in [7, 11) is -7.97. The average Bonchev–Trinajstić information content (AvgIpc) is 2.96. The van der Waals surface area contributed by atoms with Gasteiger partial charge in [0.25, 0.3) is 0 Å². The second kappa shape index (κ2) is 12.3. The third kappa shape index (κ3) is 7.78. The van der Waals surface area contributed by atoms with Gasteiger partial charge in [-0.2, -0.15) is 52.0 Å². The number of alkyl halides is 8.